The summed E-state index contributed by atoms with van der Waals surface area (Å²) >= 11 is 1.39. The van der Waals surface area contributed by atoms with Crippen LogP contribution in [0.5, 0.6) is 5.88 Å². The van der Waals surface area contributed by atoms with Crippen LogP contribution in [0, 0.1) is 0 Å². The summed E-state index contributed by atoms with van der Waals surface area (Å²) in [6, 6.07) is 14.8. The van der Waals surface area contributed by atoms with Gasteiger partial charge in [-0.1, -0.05) is 29.5 Å². The van der Waals surface area contributed by atoms with Crippen molar-refractivity contribution >= 4 is 46.0 Å². The minimum atomic E-state index is -0.355. The van der Waals surface area contributed by atoms with Gasteiger partial charge in [0, 0.05) is 23.9 Å². The maximum atomic E-state index is 11.8. The number of ether oxygens (including phenoxy) is 1. The van der Waals surface area contributed by atoms with Gasteiger partial charge in [-0.25, -0.2) is 9.79 Å². The van der Waals surface area contributed by atoms with Crippen molar-refractivity contribution in [2.75, 3.05) is 6.61 Å². The van der Waals surface area contributed by atoms with E-state index in [4.69, 9.17) is 4.74 Å². The number of benzene rings is 2. The number of hydrogen-bond donors (Lipinski definition) is 1. The fraction of sp³-hybridized carbons (Fsp3) is 0.174. The van der Waals surface area contributed by atoms with Gasteiger partial charge in [-0.3, -0.25) is 9.56 Å². The monoisotopic (exact) mass is 419 g/mol. The van der Waals surface area contributed by atoms with E-state index in [0.29, 0.717) is 27.5 Å². The number of thiazole rings is 1. The van der Waals surface area contributed by atoms with Crippen LogP contribution in [0.25, 0.3) is 11.6 Å². The SMILES string of the molecule is CCOC(=O)c1ccc(N=c2sc(C=C3C(C)=Nc4ccccc43)c(O)n2C)cc1. The van der Waals surface area contributed by atoms with E-state index >= 15 is 0 Å². The number of esters is 1. The molecule has 1 aliphatic rings. The van der Waals surface area contributed by atoms with Crippen molar-refractivity contribution < 1.29 is 14.6 Å². The number of aliphatic imine (C=N–C) groups is 1. The average molecular weight is 420 g/mol. The summed E-state index contributed by atoms with van der Waals surface area (Å²) in [7, 11) is 1.77. The van der Waals surface area contributed by atoms with Gasteiger partial charge >= 0.3 is 5.97 Å². The lowest BCUT2D eigenvalue weighted by atomic mass is 10.0. The number of carbonyl (C=O) groups excluding carboxylic acids is 1. The van der Waals surface area contributed by atoms with Crippen molar-refractivity contribution in [3.63, 3.8) is 0 Å². The molecule has 0 atom stereocenters. The summed E-state index contributed by atoms with van der Waals surface area (Å²) < 4.78 is 6.64. The van der Waals surface area contributed by atoms with Gasteiger partial charge in [0.15, 0.2) is 4.80 Å². The molecule has 0 saturated heterocycles. The molecule has 0 unspecified atom stereocenters. The fourth-order valence-electron chi connectivity index (χ4n) is 3.21. The summed E-state index contributed by atoms with van der Waals surface area (Å²) in [6.45, 7) is 4.07. The second kappa shape index (κ2) is 8.12. The molecular formula is C23H21N3O3S. The van der Waals surface area contributed by atoms with Crippen LogP contribution in [0.3, 0.4) is 0 Å². The number of hydrogen-bond acceptors (Lipinski definition) is 6. The molecule has 1 aliphatic heterocycles. The lowest BCUT2D eigenvalue weighted by Gasteiger charge is -2.01. The molecule has 1 aromatic heterocycles. The van der Waals surface area contributed by atoms with E-state index in [2.05, 4.69) is 9.98 Å². The predicted molar refractivity (Wildman–Crippen MR) is 120 cm³/mol. The molecule has 2 aromatic carbocycles. The van der Waals surface area contributed by atoms with Crippen molar-refractivity contribution in [3.8, 4) is 5.88 Å². The van der Waals surface area contributed by atoms with Crippen LogP contribution in [0.15, 0.2) is 58.5 Å². The molecule has 6 nitrogen and oxygen atoms in total. The van der Waals surface area contributed by atoms with Crippen molar-refractivity contribution in [2.45, 2.75) is 13.8 Å². The Kier molecular flexibility index (Phi) is 5.37. The van der Waals surface area contributed by atoms with Crippen LogP contribution in [0.4, 0.5) is 11.4 Å². The zero-order valence-electron chi connectivity index (χ0n) is 16.9. The van der Waals surface area contributed by atoms with Crippen LogP contribution in [0.1, 0.15) is 34.6 Å². The molecule has 152 valence electrons. The number of allylic oxidation sites excluding steroid dienone is 1. The Balaban J connectivity index is 1.69. The highest BCUT2D eigenvalue weighted by Gasteiger charge is 2.19. The highest BCUT2D eigenvalue weighted by molar-refractivity contribution is 7.10. The third-order valence-electron chi connectivity index (χ3n) is 4.78. The smallest absolute Gasteiger partial charge is 0.338 e. The molecule has 2 heterocycles. The van der Waals surface area contributed by atoms with Crippen LogP contribution in [-0.2, 0) is 11.8 Å². The third kappa shape index (κ3) is 3.71. The van der Waals surface area contributed by atoms with E-state index in [1.807, 2.05) is 37.3 Å². The van der Waals surface area contributed by atoms with Gasteiger partial charge in [-0.2, -0.15) is 0 Å². The molecule has 1 N–H and O–H groups in total. The molecule has 0 amide bonds. The third-order valence-corrected chi connectivity index (χ3v) is 5.85. The van der Waals surface area contributed by atoms with Gasteiger partial charge in [0.2, 0.25) is 5.88 Å². The fourth-order valence-corrected chi connectivity index (χ4v) is 4.18. The van der Waals surface area contributed by atoms with E-state index < -0.39 is 0 Å². The Hall–Kier alpha value is -3.45. The highest BCUT2D eigenvalue weighted by atomic mass is 32.1. The van der Waals surface area contributed by atoms with Crippen molar-refractivity contribution in [3.05, 3.63) is 69.3 Å². The molecule has 7 heteroatoms. The molecule has 4 rings (SSSR count). The standard InChI is InChI=1S/C23H21N3O3S/c1-4-29-22(28)15-9-11-16(12-10-15)25-23-26(3)21(27)20(30-23)13-18-14(2)24-19-8-6-5-7-17(18)19/h5-13,27H,4H2,1-3H3. The molecule has 3 aromatic rings. The topological polar surface area (TPSA) is 76.2 Å². The molecule has 0 spiro atoms. The van der Waals surface area contributed by atoms with Crippen molar-refractivity contribution in [1.29, 1.82) is 0 Å². The Morgan fingerprint density at radius 2 is 1.97 bits per heavy atom. The van der Waals surface area contributed by atoms with E-state index in [0.717, 1.165) is 22.5 Å². The normalized spacial score (nSPS) is 14.7. The first-order chi connectivity index (χ1) is 14.5. The second-order valence-corrected chi connectivity index (χ2v) is 7.79. The van der Waals surface area contributed by atoms with Gasteiger partial charge < -0.3 is 9.84 Å². The van der Waals surface area contributed by atoms with Gasteiger partial charge in [0.1, 0.15) is 0 Å². The van der Waals surface area contributed by atoms with Gasteiger partial charge in [0.25, 0.3) is 0 Å². The summed E-state index contributed by atoms with van der Waals surface area (Å²) in [5, 5.41) is 10.6. The largest absolute Gasteiger partial charge is 0.493 e. The van der Waals surface area contributed by atoms with Crippen LogP contribution in [-0.4, -0.2) is 28.0 Å². The summed E-state index contributed by atoms with van der Waals surface area (Å²) in [6.07, 6.45) is 1.95. The number of fused-ring (bicyclic) bond motifs is 1. The Labute approximate surface area is 178 Å². The summed E-state index contributed by atoms with van der Waals surface area (Å²) in [5.74, 6) is -0.210. The van der Waals surface area contributed by atoms with Crippen LogP contribution < -0.4 is 4.80 Å². The lowest BCUT2D eigenvalue weighted by Crippen LogP contribution is -2.08. The zero-order chi connectivity index (χ0) is 21.3. The van der Waals surface area contributed by atoms with E-state index in [-0.39, 0.29) is 11.8 Å². The van der Waals surface area contributed by atoms with Crippen molar-refractivity contribution in [1.82, 2.24) is 4.57 Å². The summed E-state index contributed by atoms with van der Waals surface area (Å²) in [4.78, 5) is 22.4. The van der Waals surface area contributed by atoms with Crippen LogP contribution >= 0.6 is 11.3 Å². The molecule has 0 radical (unpaired) electrons. The molecule has 0 aliphatic carbocycles. The minimum Gasteiger partial charge on any atom is -0.493 e. The molecule has 0 bridgehead atoms. The Morgan fingerprint density at radius 3 is 2.70 bits per heavy atom. The number of para-hydroxylation sites is 1. The number of carbonyl (C=O) groups is 1. The first kappa shape index (κ1) is 19.8. The maximum absolute atomic E-state index is 11.8. The molecule has 0 fully saturated rings. The second-order valence-electron chi connectivity index (χ2n) is 6.78. The minimum absolute atomic E-state index is 0.145. The van der Waals surface area contributed by atoms with Gasteiger partial charge in [0.05, 0.1) is 28.4 Å². The number of nitrogens with zero attached hydrogens (tertiary/aromatic N) is 3. The van der Waals surface area contributed by atoms with Crippen molar-refractivity contribution in [2.24, 2.45) is 17.0 Å². The van der Waals surface area contributed by atoms with E-state index in [1.54, 1.807) is 42.8 Å². The zero-order valence-corrected chi connectivity index (χ0v) is 17.7. The quantitative estimate of drug-likeness (QED) is 0.614. The first-order valence-electron chi connectivity index (χ1n) is 9.55. The lowest BCUT2D eigenvalue weighted by molar-refractivity contribution is 0.0526. The van der Waals surface area contributed by atoms with Crippen LogP contribution in [0.2, 0.25) is 0 Å². The molecule has 0 saturated carbocycles. The number of rotatable bonds is 4. The van der Waals surface area contributed by atoms with E-state index in [9.17, 15) is 9.90 Å². The molecular weight excluding hydrogens is 398 g/mol. The van der Waals surface area contributed by atoms with Gasteiger partial charge in [-0.05, 0) is 50.3 Å². The number of aromatic hydroxyl groups is 1. The number of aromatic nitrogens is 1. The maximum Gasteiger partial charge on any atom is 0.338 e. The Morgan fingerprint density at radius 1 is 1.23 bits per heavy atom. The highest BCUT2D eigenvalue weighted by Crippen LogP contribution is 2.37. The predicted octanol–water partition coefficient (Wildman–Crippen LogP) is 4.85. The molecule has 30 heavy (non-hydrogen) atoms. The average Bonchev–Trinajstić information content (AvgIpc) is 3.20. The first-order valence-corrected chi connectivity index (χ1v) is 10.4. The Bertz CT molecular complexity index is 1250. The summed E-state index contributed by atoms with van der Waals surface area (Å²) in [5.41, 5.74) is 5.07. The van der Waals surface area contributed by atoms with Gasteiger partial charge in [-0.15, -0.1) is 0 Å². The van der Waals surface area contributed by atoms with E-state index in [1.165, 1.54) is 11.3 Å².